The van der Waals surface area contributed by atoms with E-state index < -0.39 is 0 Å². The van der Waals surface area contributed by atoms with Gasteiger partial charge in [0.2, 0.25) is 0 Å². The van der Waals surface area contributed by atoms with Crippen molar-refractivity contribution in [1.82, 2.24) is 10.3 Å². The minimum Gasteiger partial charge on any atom is -0.310 e. The Balaban J connectivity index is 1.92. The standard InChI is InChI=1S/C15H17N3O2/c1-12(14-6-4-9-16-11-14)17-10-8-13-5-2-3-7-15(13)18(19)20/h2-7,9,11-12,17H,8,10H2,1H3/t12-/m1/s1. The number of pyridine rings is 1. The Kier molecular flexibility index (Phi) is 4.79. The zero-order chi connectivity index (χ0) is 14.4. The highest BCUT2D eigenvalue weighted by Gasteiger charge is 2.12. The van der Waals surface area contributed by atoms with Crippen LogP contribution in [0.4, 0.5) is 5.69 Å². The molecule has 0 saturated heterocycles. The maximum absolute atomic E-state index is 10.9. The van der Waals surface area contributed by atoms with Gasteiger partial charge in [-0.3, -0.25) is 15.1 Å². The lowest BCUT2D eigenvalue weighted by Crippen LogP contribution is -2.21. The summed E-state index contributed by atoms with van der Waals surface area (Å²) in [6.07, 6.45) is 4.19. The summed E-state index contributed by atoms with van der Waals surface area (Å²) in [6, 6.07) is 10.9. The van der Waals surface area contributed by atoms with Crippen LogP contribution in [0.15, 0.2) is 48.8 Å². The van der Waals surface area contributed by atoms with E-state index in [-0.39, 0.29) is 16.7 Å². The molecule has 0 spiro atoms. The van der Waals surface area contributed by atoms with Crippen LogP contribution in [0, 0.1) is 10.1 Å². The van der Waals surface area contributed by atoms with E-state index in [1.165, 1.54) is 0 Å². The summed E-state index contributed by atoms with van der Waals surface area (Å²) in [5, 5.41) is 14.3. The molecule has 0 aliphatic carbocycles. The highest BCUT2D eigenvalue weighted by molar-refractivity contribution is 5.39. The molecule has 1 N–H and O–H groups in total. The topological polar surface area (TPSA) is 68.1 Å². The molecule has 2 aromatic rings. The number of nitro groups is 1. The summed E-state index contributed by atoms with van der Waals surface area (Å²) in [7, 11) is 0. The molecule has 1 atom stereocenters. The molecule has 0 bridgehead atoms. The van der Waals surface area contributed by atoms with Crippen LogP contribution >= 0.6 is 0 Å². The number of aromatic nitrogens is 1. The van der Waals surface area contributed by atoms with Gasteiger partial charge in [0.05, 0.1) is 4.92 Å². The highest BCUT2D eigenvalue weighted by atomic mass is 16.6. The van der Waals surface area contributed by atoms with Gasteiger partial charge in [-0.25, -0.2) is 0 Å². The molecule has 0 amide bonds. The molecule has 1 aromatic carbocycles. The van der Waals surface area contributed by atoms with Crippen LogP contribution in [0.3, 0.4) is 0 Å². The molecule has 0 fully saturated rings. The van der Waals surface area contributed by atoms with Crippen LogP contribution in [0.5, 0.6) is 0 Å². The molecule has 0 aliphatic rings. The average molecular weight is 271 g/mol. The van der Waals surface area contributed by atoms with E-state index in [1.54, 1.807) is 24.4 Å². The lowest BCUT2D eigenvalue weighted by Gasteiger charge is -2.13. The third-order valence-electron chi connectivity index (χ3n) is 3.22. The first-order valence-electron chi connectivity index (χ1n) is 6.54. The second-order valence-corrected chi connectivity index (χ2v) is 4.60. The minimum absolute atomic E-state index is 0.173. The van der Waals surface area contributed by atoms with E-state index in [1.807, 2.05) is 24.4 Å². The monoisotopic (exact) mass is 271 g/mol. The Hall–Kier alpha value is -2.27. The van der Waals surface area contributed by atoms with E-state index in [4.69, 9.17) is 0 Å². The Labute approximate surface area is 117 Å². The molecule has 0 aliphatic heterocycles. The summed E-state index contributed by atoms with van der Waals surface area (Å²) >= 11 is 0. The lowest BCUT2D eigenvalue weighted by molar-refractivity contribution is -0.385. The summed E-state index contributed by atoms with van der Waals surface area (Å²) in [6.45, 7) is 2.73. The summed E-state index contributed by atoms with van der Waals surface area (Å²) < 4.78 is 0. The fraction of sp³-hybridized carbons (Fsp3) is 0.267. The van der Waals surface area contributed by atoms with Crippen molar-refractivity contribution in [1.29, 1.82) is 0 Å². The van der Waals surface area contributed by atoms with Crippen LogP contribution in [0.1, 0.15) is 24.1 Å². The first kappa shape index (κ1) is 14.1. The largest absolute Gasteiger partial charge is 0.310 e. The third-order valence-corrected chi connectivity index (χ3v) is 3.22. The molecule has 5 nitrogen and oxygen atoms in total. The Morgan fingerprint density at radius 1 is 1.30 bits per heavy atom. The molecule has 2 rings (SSSR count). The first-order chi connectivity index (χ1) is 9.68. The van der Waals surface area contributed by atoms with Gasteiger partial charge in [-0.1, -0.05) is 24.3 Å². The Morgan fingerprint density at radius 3 is 2.80 bits per heavy atom. The fourth-order valence-electron chi connectivity index (χ4n) is 2.07. The van der Waals surface area contributed by atoms with Crippen molar-refractivity contribution in [3.05, 3.63) is 70.0 Å². The van der Waals surface area contributed by atoms with Crippen LogP contribution in [-0.2, 0) is 6.42 Å². The second-order valence-electron chi connectivity index (χ2n) is 4.60. The number of nitrogens with zero attached hydrogens (tertiary/aromatic N) is 2. The summed E-state index contributed by atoms with van der Waals surface area (Å²) in [4.78, 5) is 14.7. The van der Waals surface area contributed by atoms with Gasteiger partial charge in [-0.2, -0.15) is 0 Å². The molecular weight excluding hydrogens is 254 g/mol. The number of benzene rings is 1. The number of para-hydroxylation sites is 1. The number of hydrogen-bond acceptors (Lipinski definition) is 4. The van der Waals surface area contributed by atoms with Crippen molar-refractivity contribution in [2.45, 2.75) is 19.4 Å². The number of nitro benzene ring substituents is 1. The van der Waals surface area contributed by atoms with E-state index in [2.05, 4.69) is 17.2 Å². The van der Waals surface area contributed by atoms with Gasteiger partial charge >= 0.3 is 0 Å². The highest BCUT2D eigenvalue weighted by Crippen LogP contribution is 2.18. The van der Waals surface area contributed by atoms with Gasteiger partial charge in [0.15, 0.2) is 0 Å². The van der Waals surface area contributed by atoms with Crippen molar-refractivity contribution in [3.63, 3.8) is 0 Å². The van der Waals surface area contributed by atoms with Crippen LogP contribution < -0.4 is 5.32 Å². The molecule has 1 aromatic heterocycles. The van der Waals surface area contributed by atoms with Crippen LogP contribution in [-0.4, -0.2) is 16.5 Å². The fourth-order valence-corrected chi connectivity index (χ4v) is 2.07. The van der Waals surface area contributed by atoms with Crippen molar-refractivity contribution in [3.8, 4) is 0 Å². The molecule has 0 radical (unpaired) electrons. The summed E-state index contributed by atoms with van der Waals surface area (Å²) in [5.41, 5.74) is 2.04. The minimum atomic E-state index is -0.333. The third kappa shape index (κ3) is 3.61. The maximum atomic E-state index is 10.9. The lowest BCUT2D eigenvalue weighted by atomic mass is 10.1. The van der Waals surface area contributed by atoms with E-state index in [0.717, 1.165) is 11.1 Å². The Morgan fingerprint density at radius 2 is 2.10 bits per heavy atom. The van der Waals surface area contributed by atoms with E-state index >= 15 is 0 Å². The molecule has 1 heterocycles. The van der Waals surface area contributed by atoms with Crippen LogP contribution in [0.25, 0.3) is 0 Å². The number of rotatable bonds is 6. The molecule has 104 valence electrons. The Bertz CT molecular complexity index is 572. The van der Waals surface area contributed by atoms with Gasteiger partial charge in [-0.15, -0.1) is 0 Å². The van der Waals surface area contributed by atoms with Gasteiger partial charge in [0, 0.05) is 30.1 Å². The van der Waals surface area contributed by atoms with Gasteiger partial charge < -0.3 is 5.32 Å². The second kappa shape index (κ2) is 6.77. The normalized spacial score (nSPS) is 12.1. The molecule has 5 heteroatoms. The summed E-state index contributed by atoms with van der Waals surface area (Å²) in [5.74, 6) is 0. The molecule has 0 unspecified atom stereocenters. The zero-order valence-electron chi connectivity index (χ0n) is 11.3. The molecule has 20 heavy (non-hydrogen) atoms. The predicted octanol–water partition coefficient (Wildman–Crippen LogP) is 2.88. The van der Waals surface area contributed by atoms with Gasteiger partial charge in [0.25, 0.3) is 5.69 Å². The van der Waals surface area contributed by atoms with Gasteiger partial charge in [0.1, 0.15) is 0 Å². The molecular formula is C15H17N3O2. The first-order valence-corrected chi connectivity index (χ1v) is 6.54. The van der Waals surface area contributed by atoms with Crippen LogP contribution in [0.2, 0.25) is 0 Å². The number of hydrogen-bond donors (Lipinski definition) is 1. The van der Waals surface area contributed by atoms with Crippen molar-refractivity contribution >= 4 is 5.69 Å². The predicted molar refractivity (Wildman–Crippen MR) is 77.5 cm³/mol. The SMILES string of the molecule is C[C@@H](NCCc1ccccc1[N+](=O)[O-])c1cccnc1. The van der Waals surface area contributed by atoms with Crippen molar-refractivity contribution < 1.29 is 4.92 Å². The maximum Gasteiger partial charge on any atom is 0.272 e. The zero-order valence-corrected chi connectivity index (χ0v) is 11.3. The van der Waals surface area contributed by atoms with Crippen molar-refractivity contribution in [2.24, 2.45) is 0 Å². The molecule has 0 saturated carbocycles. The number of nitrogens with one attached hydrogen (secondary N) is 1. The van der Waals surface area contributed by atoms with E-state index in [9.17, 15) is 10.1 Å². The van der Waals surface area contributed by atoms with Gasteiger partial charge in [-0.05, 0) is 31.5 Å². The average Bonchev–Trinajstić information content (AvgIpc) is 2.48. The van der Waals surface area contributed by atoms with Crippen molar-refractivity contribution in [2.75, 3.05) is 6.54 Å². The quantitative estimate of drug-likeness (QED) is 0.648. The smallest absolute Gasteiger partial charge is 0.272 e. The van der Waals surface area contributed by atoms with E-state index in [0.29, 0.717) is 13.0 Å².